The van der Waals surface area contributed by atoms with Crippen molar-refractivity contribution < 1.29 is 13.2 Å². The molecule has 2 amide bonds. The highest BCUT2D eigenvalue weighted by molar-refractivity contribution is 7.87. The zero-order valence-corrected chi connectivity index (χ0v) is 12.3. The van der Waals surface area contributed by atoms with Crippen LogP contribution < -0.4 is 10.0 Å². The van der Waals surface area contributed by atoms with E-state index in [2.05, 4.69) is 5.32 Å². The minimum atomic E-state index is -3.77. The third-order valence-corrected chi connectivity index (χ3v) is 3.92. The quantitative estimate of drug-likeness (QED) is 0.884. The zero-order chi connectivity index (χ0) is 14.6. The molecule has 0 radical (unpaired) electrons. The number of rotatable bonds is 4. The highest BCUT2D eigenvalue weighted by Crippen LogP contribution is 2.18. The van der Waals surface area contributed by atoms with Crippen LogP contribution in [0.2, 0.25) is 0 Å². The first-order valence-electron chi connectivity index (χ1n) is 5.83. The topological polar surface area (TPSA) is 78.5 Å². The first kappa shape index (κ1) is 15.5. The second-order valence-electron chi connectivity index (χ2n) is 4.62. The van der Waals surface area contributed by atoms with Crippen LogP contribution in [-0.4, -0.2) is 32.8 Å². The van der Waals surface area contributed by atoms with Crippen molar-refractivity contribution >= 4 is 21.9 Å². The van der Waals surface area contributed by atoms with E-state index in [1.807, 2.05) is 36.8 Å². The first-order valence-corrected chi connectivity index (χ1v) is 7.27. The van der Waals surface area contributed by atoms with Gasteiger partial charge in [-0.25, -0.2) is 9.52 Å². The van der Waals surface area contributed by atoms with Crippen LogP contribution in [0, 0.1) is 0 Å². The van der Waals surface area contributed by atoms with Crippen LogP contribution in [0.5, 0.6) is 0 Å². The smallest absolute Gasteiger partial charge is 0.307 e. The Balaban J connectivity index is 2.75. The lowest BCUT2D eigenvalue weighted by Gasteiger charge is -2.13. The van der Waals surface area contributed by atoms with Crippen molar-refractivity contribution in [1.82, 2.24) is 9.03 Å². The maximum absolute atomic E-state index is 11.6. The molecule has 0 aliphatic rings. The Morgan fingerprint density at radius 2 is 1.89 bits per heavy atom. The van der Waals surface area contributed by atoms with Crippen molar-refractivity contribution in [1.29, 1.82) is 0 Å². The molecule has 1 rings (SSSR count). The van der Waals surface area contributed by atoms with Gasteiger partial charge in [0.1, 0.15) is 0 Å². The Morgan fingerprint density at radius 3 is 2.42 bits per heavy atom. The van der Waals surface area contributed by atoms with Crippen LogP contribution in [-0.2, 0) is 10.2 Å². The average Bonchev–Trinajstić information content (AvgIpc) is 2.28. The molecular formula is C12H19N3O3S. The molecule has 0 fully saturated rings. The Bertz CT molecular complexity index is 553. The minimum Gasteiger partial charge on any atom is -0.307 e. The molecule has 0 heterocycles. The molecule has 0 atom stereocenters. The van der Waals surface area contributed by atoms with Crippen molar-refractivity contribution in [3.05, 3.63) is 29.8 Å². The third kappa shape index (κ3) is 4.53. The Morgan fingerprint density at radius 1 is 1.26 bits per heavy atom. The molecule has 0 aliphatic heterocycles. The molecule has 19 heavy (non-hydrogen) atoms. The Hall–Kier alpha value is -1.60. The van der Waals surface area contributed by atoms with E-state index in [1.165, 1.54) is 14.1 Å². The lowest BCUT2D eigenvalue weighted by Crippen LogP contribution is -2.41. The summed E-state index contributed by atoms with van der Waals surface area (Å²) in [5.74, 6) is 0.329. The maximum Gasteiger partial charge on any atom is 0.333 e. The van der Waals surface area contributed by atoms with E-state index in [4.69, 9.17) is 0 Å². The normalized spacial score (nSPS) is 11.7. The van der Waals surface area contributed by atoms with Crippen LogP contribution in [0.1, 0.15) is 25.3 Å². The number of benzene rings is 1. The first-order chi connectivity index (χ1) is 8.72. The highest BCUT2D eigenvalue weighted by Gasteiger charge is 2.16. The van der Waals surface area contributed by atoms with Crippen molar-refractivity contribution in [3.63, 3.8) is 0 Å². The second kappa shape index (κ2) is 6.03. The average molecular weight is 285 g/mol. The molecule has 0 saturated heterocycles. The van der Waals surface area contributed by atoms with Gasteiger partial charge >= 0.3 is 16.2 Å². The number of anilines is 1. The van der Waals surface area contributed by atoms with Gasteiger partial charge < -0.3 is 5.32 Å². The highest BCUT2D eigenvalue weighted by atomic mass is 32.2. The van der Waals surface area contributed by atoms with Crippen LogP contribution in [0.25, 0.3) is 0 Å². The van der Waals surface area contributed by atoms with Gasteiger partial charge in [-0.3, -0.25) is 0 Å². The number of amides is 2. The van der Waals surface area contributed by atoms with Crippen molar-refractivity contribution in [2.45, 2.75) is 19.8 Å². The molecule has 0 aromatic heterocycles. The molecule has 6 nitrogen and oxygen atoms in total. The number of carbonyl (C=O) groups excluding carboxylic acids is 1. The minimum absolute atomic E-state index is 0.329. The van der Waals surface area contributed by atoms with E-state index < -0.39 is 16.2 Å². The number of hydrogen-bond acceptors (Lipinski definition) is 3. The fourth-order valence-corrected chi connectivity index (χ4v) is 1.81. The third-order valence-electron chi connectivity index (χ3n) is 2.51. The molecule has 1 aromatic carbocycles. The van der Waals surface area contributed by atoms with E-state index in [9.17, 15) is 13.2 Å². The Labute approximate surface area is 114 Å². The summed E-state index contributed by atoms with van der Waals surface area (Å²) in [4.78, 5) is 11.6. The number of nitrogens with zero attached hydrogens (tertiary/aromatic N) is 1. The van der Waals surface area contributed by atoms with Crippen molar-refractivity contribution in [2.24, 2.45) is 0 Å². The number of carbonyl (C=O) groups is 1. The summed E-state index contributed by atoms with van der Waals surface area (Å²) in [6.45, 7) is 4.07. The van der Waals surface area contributed by atoms with Gasteiger partial charge in [-0.05, 0) is 23.6 Å². The van der Waals surface area contributed by atoms with Gasteiger partial charge in [0.2, 0.25) is 0 Å². The zero-order valence-electron chi connectivity index (χ0n) is 11.5. The molecule has 2 N–H and O–H groups in total. The maximum atomic E-state index is 11.6. The molecule has 7 heteroatoms. The van der Waals surface area contributed by atoms with E-state index in [0.717, 1.165) is 9.87 Å². The number of hydrogen-bond donors (Lipinski definition) is 2. The lowest BCUT2D eigenvalue weighted by molar-refractivity contribution is 0.256. The molecule has 0 saturated carbocycles. The molecule has 0 aliphatic carbocycles. The molecular weight excluding hydrogens is 266 g/mol. The summed E-state index contributed by atoms with van der Waals surface area (Å²) in [5.41, 5.74) is 1.62. The van der Waals surface area contributed by atoms with E-state index in [-0.39, 0.29) is 0 Å². The van der Waals surface area contributed by atoms with Gasteiger partial charge in [-0.1, -0.05) is 26.0 Å². The predicted molar refractivity (Wildman–Crippen MR) is 75.3 cm³/mol. The van der Waals surface area contributed by atoms with Gasteiger partial charge in [0.25, 0.3) is 0 Å². The summed E-state index contributed by atoms with van der Waals surface area (Å²) >= 11 is 0. The molecule has 1 aromatic rings. The number of nitrogens with one attached hydrogen (secondary N) is 2. The summed E-state index contributed by atoms with van der Waals surface area (Å²) < 4.78 is 25.7. The summed E-state index contributed by atoms with van der Waals surface area (Å²) in [6.07, 6.45) is 0. The standard InChI is InChI=1S/C12H19N3O3S/c1-9(2)10-6-5-7-11(8-10)13-12(16)14-19(17,18)15(3)4/h5-9H,1-4H3,(H2,13,14,16). The van der Waals surface area contributed by atoms with Gasteiger partial charge in [-0.15, -0.1) is 0 Å². The Kier molecular flexibility index (Phi) is 4.90. The fraction of sp³-hybridized carbons (Fsp3) is 0.417. The van der Waals surface area contributed by atoms with E-state index in [1.54, 1.807) is 6.07 Å². The summed E-state index contributed by atoms with van der Waals surface area (Å²) in [7, 11) is -1.09. The van der Waals surface area contributed by atoms with Crippen molar-refractivity contribution in [3.8, 4) is 0 Å². The fourth-order valence-electron chi connectivity index (χ4n) is 1.34. The molecule has 106 valence electrons. The van der Waals surface area contributed by atoms with Crippen LogP contribution in [0.15, 0.2) is 24.3 Å². The molecule has 0 spiro atoms. The van der Waals surface area contributed by atoms with Crippen LogP contribution in [0.4, 0.5) is 10.5 Å². The largest absolute Gasteiger partial charge is 0.333 e. The van der Waals surface area contributed by atoms with E-state index in [0.29, 0.717) is 11.6 Å². The van der Waals surface area contributed by atoms with Crippen LogP contribution >= 0.6 is 0 Å². The summed E-state index contributed by atoms with van der Waals surface area (Å²) in [5, 5.41) is 2.49. The second-order valence-corrected chi connectivity index (χ2v) is 6.51. The summed E-state index contributed by atoms with van der Waals surface area (Å²) in [6, 6.07) is 6.49. The molecule has 0 unspecified atom stereocenters. The van der Waals surface area contributed by atoms with Gasteiger partial charge in [0.15, 0.2) is 0 Å². The SMILES string of the molecule is CC(C)c1cccc(NC(=O)NS(=O)(=O)N(C)C)c1. The lowest BCUT2D eigenvalue weighted by atomic mass is 10.0. The van der Waals surface area contributed by atoms with Crippen LogP contribution in [0.3, 0.4) is 0 Å². The van der Waals surface area contributed by atoms with Crippen molar-refractivity contribution in [2.75, 3.05) is 19.4 Å². The number of urea groups is 1. The van der Waals surface area contributed by atoms with Gasteiger partial charge in [-0.2, -0.15) is 12.7 Å². The predicted octanol–water partition coefficient (Wildman–Crippen LogP) is 1.74. The molecule has 0 bridgehead atoms. The van der Waals surface area contributed by atoms with Gasteiger partial charge in [0.05, 0.1) is 0 Å². The van der Waals surface area contributed by atoms with E-state index >= 15 is 0 Å². The van der Waals surface area contributed by atoms with Gasteiger partial charge in [0, 0.05) is 19.8 Å². The monoisotopic (exact) mass is 285 g/mol.